The highest BCUT2D eigenvalue weighted by molar-refractivity contribution is 6.39. The third kappa shape index (κ3) is 5.53. The maximum atomic E-state index is 13.1. The zero-order chi connectivity index (χ0) is 24.9. The smallest absolute Gasteiger partial charge is 0.335 e. The highest BCUT2D eigenvalue weighted by atomic mass is 35.5. The molecule has 7 nitrogen and oxygen atoms in total. The van der Waals surface area contributed by atoms with Crippen molar-refractivity contribution in [2.45, 2.75) is 20.5 Å². The first kappa shape index (κ1) is 24.0. The molecule has 3 aromatic rings. The van der Waals surface area contributed by atoms with Crippen LogP contribution in [0.2, 0.25) is 5.02 Å². The lowest BCUT2D eigenvalue weighted by molar-refractivity contribution is -0.122. The second kappa shape index (κ2) is 10.4. The number of amides is 4. The molecule has 178 valence electrons. The topological polar surface area (TPSA) is 84.9 Å². The molecular formula is C27H23ClN2O5. The Morgan fingerprint density at radius 1 is 0.943 bits per heavy atom. The fraction of sp³-hybridized carbons (Fsp3) is 0.148. The number of nitrogens with one attached hydrogen (secondary N) is 1. The van der Waals surface area contributed by atoms with E-state index in [4.69, 9.17) is 21.1 Å². The second-order valence-corrected chi connectivity index (χ2v) is 8.29. The summed E-state index contributed by atoms with van der Waals surface area (Å²) in [6.45, 7) is 4.63. The molecule has 0 unspecified atom stereocenters. The van der Waals surface area contributed by atoms with Crippen LogP contribution in [0.4, 0.5) is 10.5 Å². The van der Waals surface area contributed by atoms with Crippen molar-refractivity contribution in [2.75, 3.05) is 11.5 Å². The Morgan fingerprint density at radius 3 is 2.43 bits per heavy atom. The van der Waals surface area contributed by atoms with E-state index in [0.29, 0.717) is 41.0 Å². The quantitative estimate of drug-likeness (QED) is 0.359. The van der Waals surface area contributed by atoms with Crippen molar-refractivity contribution < 1.29 is 23.9 Å². The van der Waals surface area contributed by atoms with Gasteiger partial charge in [-0.1, -0.05) is 47.5 Å². The summed E-state index contributed by atoms with van der Waals surface area (Å²) in [5.41, 5.74) is 2.82. The predicted molar refractivity (Wildman–Crippen MR) is 134 cm³/mol. The first-order valence-electron chi connectivity index (χ1n) is 11.0. The molecule has 1 aliphatic heterocycles. The van der Waals surface area contributed by atoms with E-state index < -0.39 is 17.8 Å². The zero-order valence-corrected chi connectivity index (χ0v) is 20.0. The van der Waals surface area contributed by atoms with Crippen molar-refractivity contribution in [1.29, 1.82) is 0 Å². The molecule has 1 N–H and O–H groups in total. The van der Waals surface area contributed by atoms with Gasteiger partial charge in [0.2, 0.25) is 0 Å². The van der Waals surface area contributed by atoms with Crippen LogP contribution in [-0.4, -0.2) is 24.5 Å². The lowest BCUT2D eigenvalue weighted by Gasteiger charge is -2.26. The average molecular weight is 491 g/mol. The van der Waals surface area contributed by atoms with Gasteiger partial charge in [-0.25, -0.2) is 9.69 Å². The molecule has 3 aromatic carbocycles. The molecule has 0 aliphatic carbocycles. The molecule has 0 spiro atoms. The molecular weight excluding hydrogens is 468 g/mol. The van der Waals surface area contributed by atoms with Crippen LogP contribution >= 0.6 is 11.6 Å². The summed E-state index contributed by atoms with van der Waals surface area (Å²) in [7, 11) is 0. The van der Waals surface area contributed by atoms with Gasteiger partial charge in [0.1, 0.15) is 12.2 Å². The minimum absolute atomic E-state index is 0.185. The summed E-state index contributed by atoms with van der Waals surface area (Å²) < 4.78 is 11.7. The van der Waals surface area contributed by atoms with Crippen molar-refractivity contribution in [1.82, 2.24) is 5.32 Å². The highest BCUT2D eigenvalue weighted by Crippen LogP contribution is 2.31. The lowest BCUT2D eigenvalue weighted by Crippen LogP contribution is -2.54. The van der Waals surface area contributed by atoms with Crippen LogP contribution in [0.15, 0.2) is 72.3 Å². The van der Waals surface area contributed by atoms with Gasteiger partial charge in [-0.3, -0.25) is 14.9 Å². The number of aryl methyl sites for hydroxylation is 1. The number of benzene rings is 3. The van der Waals surface area contributed by atoms with E-state index in [1.54, 1.807) is 30.3 Å². The van der Waals surface area contributed by atoms with Gasteiger partial charge in [0.25, 0.3) is 11.8 Å². The van der Waals surface area contributed by atoms with Gasteiger partial charge in [0, 0.05) is 5.02 Å². The fourth-order valence-corrected chi connectivity index (χ4v) is 3.74. The summed E-state index contributed by atoms with van der Waals surface area (Å²) in [5, 5.41) is 2.66. The third-order valence-corrected chi connectivity index (χ3v) is 5.49. The van der Waals surface area contributed by atoms with E-state index in [9.17, 15) is 14.4 Å². The van der Waals surface area contributed by atoms with Gasteiger partial charge in [0.15, 0.2) is 11.5 Å². The molecule has 1 aliphatic rings. The van der Waals surface area contributed by atoms with Gasteiger partial charge in [-0.2, -0.15) is 0 Å². The van der Waals surface area contributed by atoms with Crippen molar-refractivity contribution in [3.63, 3.8) is 0 Å². The number of hydrogen-bond donors (Lipinski definition) is 1. The molecule has 4 rings (SSSR count). The SMILES string of the molecule is CCOc1cc(/C=C2\C(=O)NC(=O)N(c3ccc(Cl)cc3)C2=O)ccc1OCc1cccc(C)c1. The Balaban J connectivity index is 1.61. The lowest BCUT2D eigenvalue weighted by atomic mass is 10.1. The molecule has 1 saturated heterocycles. The Labute approximate surface area is 207 Å². The number of barbiturate groups is 1. The van der Waals surface area contributed by atoms with E-state index in [1.165, 1.54) is 18.2 Å². The molecule has 8 heteroatoms. The van der Waals surface area contributed by atoms with Crippen LogP contribution in [-0.2, 0) is 16.2 Å². The number of ether oxygens (including phenoxy) is 2. The standard InChI is InChI=1S/C27H23ClN2O5/c1-3-34-24-15-18(7-12-23(24)35-16-19-6-4-5-17(2)13-19)14-22-25(31)29-27(33)30(26(22)32)21-10-8-20(28)9-11-21/h4-15H,3,16H2,1-2H3,(H,29,31,33)/b22-14+. The van der Waals surface area contributed by atoms with Crippen LogP contribution < -0.4 is 19.7 Å². The van der Waals surface area contributed by atoms with E-state index in [0.717, 1.165) is 16.0 Å². The van der Waals surface area contributed by atoms with E-state index in [-0.39, 0.29) is 5.57 Å². The Morgan fingerprint density at radius 2 is 1.71 bits per heavy atom. The van der Waals surface area contributed by atoms with E-state index in [1.807, 2.05) is 38.1 Å². The number of imide groups is 2. The summed E-state index contributed by atoms with van der Waals surface area (Å²) in [6.07, 6.45) is 1.42. The third-order valence-electron chi connectivity index (χ3n) is 5.24. The molecule has 0 atom stereocenters. The minimum Gasteiger partial charge on any atom is -0.490 e. The number of halogens is 1. The molecule has 0 bridgehead atoms. The predicted octanol–water partition coefficient (Wildman–Crippen LogP) is 5.29. The first-order valence-corrected chi connectivity index (χ1v) is 11.4. The Hall–Kier alpha value is -4.10. The van der Waals surface area contributed by atoms with Crippen LogP contribution in [0.3, 0.4) is 0 Å². The van der Waals surface area contributed by atoms with Crippen molar-refractivity contribution >= 4 is 41.2 Å². The Kier molecular flexibility index (Phi) is 7.17. The summed E-state index contributed by atoms with van der Waals surface area (Å²) in [4.78, 5) is 38.8. The van der Waals surface area contributed by atoms with Crippen LogP contribution in [0.1, 0.15) is 23.6 Å². The first-order chi connectivity index (χ1) is 16.9. The normalized spacial score (nSPS) is 14.8. The molecule has 1 fully saturated rings. The average Bonchev–Trinajstić information content (AvgIpc) is 2.82. The monoisotopic (exact) mass is 490 g/mol. The molecule has 0 aromatic heterocycles. The number of hydrogen-bond acceptors (Lipinski definition) is 5. The summed E-state index contributed by atoms with van der Waals surface area (Å²) in [5.74, 6) is -0.501. The molecule has 0 saturated carbocycles. The van der Waals surface area contributed by atoms with Gasteiger partial charge >= 0.3 is 6.03 Å². The maximum Gasteiger partial charge on any atom is 0.335 e. The van der Waals surface area contributed by atoms with Crippen LogP contribution in [0.5, 0.6) is 11.5 Å². The van der Waals surface area contributed by atoms with Gasteiger partial charge in [-0.15, -0.1) is 0 Å². The van der Waals surface area contributed by atoms with E-state index >= 15 is 0 Å². The van der Waals surface area contributed by atoms with Crippen LogP contribution in [0.25, 0.3) is 6.08 Å². The number of nitrogens with zero attached hydrogens (tertiary/aromatic N) is 1. The van der Waals surface area contributed by atoms with Crippen LogP contribution in [0, 0.1) is 6.92 Å². The number of urea groups is 1. The van der Waals surface area contributed by atoms with Crippen molar-refractivity contribution in [3.05, 3.63) is 94.0 Å². The zero-order valence-electron chi connectivity index (χ0n) is 19.2. The molecule has 0 radical (unpaired) electrons. The largest absolute Gasteiger partial charge is 0.490 e. The number of carbonyl (C=O) groups is 3. The second-order valence-electron chi connectivity index (χ2n) is 7.85. The summed E-state index contributed by atoms with van der Waals surface area (Å²) >= 11 is 5.91. The highest BCUT2D eigenvalue weighted by Gasteiger charge is 2.36. The number of rotatable bonds is 7. The summed E-state index contributed by atoms with van der Waals surface area (Å²) in [6, 6.07) is 18.5. The van der Waals surface area contributed by atoms with Gasteiger partial charge in [0.05, 0.1) is 12.3 Å². The van der Waals surface area contributed by atoms with Crippen molar-refractivity contribution in [2.24, 2.45) is 0 Å². The maximum absolute atomic E-state index is 13.1. The Bertz CT molecular complexity index is 1320. The molecule has 1 heterocycles. The minimum atomic E-state index is -0.825. The molecule has 4 amide bonds. The van der Waals surface area contributed by atoms with Crippen molar-refractivity contribution in [3.8, 4) is 11.5 Å². The fourth-order valence-electron chi connectivity index (χ4n) is 3.61. The molecule has 35 heavy (non-hydrogen) atoms. The number of anilines is 1. The van der Waals surface area contributed by atoms with Gasteiger partial charge < -0.3 is 9.47 Å². The number of carbonyl (C=O) groups excluding carboxylic acids is 3. The van der Waals surface area contributed by atoms with E-state index in [2.05, 4.69) is 5.32 Å². The van der Waals surface area contributed by atoms with Gasteiger partial charge in [-0.05, 0) is 67.4 Å².